The lowest BCUT2D eigenvalue weighted by Crippen LogP contribution is -2.44. The summed E-state index contributed by atoms with van der Waals surface area (Å²) in [6.07, 6.45) is 8.81. The number of rotatable bonds is 5. The molecule has 0 saturated carbocycles. The van der Waals surface area contributed by atoms with Gasteiger partial charge in [0, 0.05) is 68.8 Å². The van der Waals surface area contributed by atoms with E-state index < -0.39 is 0 Å². The minimum atomic E-state index is 0.0763. The van der Waals surface area contributed by atoms with Crippen molar-refractivity contribution < 1.29 is 0 Å². The van der Waals surface area contributed by atoms with Gasteiger partial charge in [0.1, 0.15) is 5.84 Å². The normalized spacial score (nSPS) is 21.9. The Hall–Kier alpha value is -3.32. The quantitative estimate of drug-likeness (QED) is 0.456. The third-order valence-corrected chi connectivity index (χ3v) is 8.31. The van der Waals surface area contributed by atoms with Crippen molar-refractivity contribution in [1.29, 1.82) is 5.41 Å². The molecule has 2 atom stereocenters. The fourth-order valence-electron chi connectivity index (χ4n) is 5.67. The maximum Gasteiger partial charge on any atom is 0.124 e. The molecule has 2 aromatic rings. The number of amidine groups is 2. The first kappa shape index (κ1) is 26.3. The molecule has 1 N–H and O–H groups in total. The van der Waals surface area contributed by atoms with Crippen LogP contribution in [-0.2, 0) is 13.0 Å². The van der Waals surface area contributed by atoms with Crippen LogP contribution < -0.4 is 0 Å². The summed E-state index contributed by atoms with van der Waals surface area (Å²) in [5.74, 6) is 1.75. The van der Waals surface area contributed by atoms with Crippen LogP contribution in [0.15, 0.2) is 64.5 Å². The van der Waals surface area contributed by atoms with E-state index in [0.29, 0.717) is 5.84 Å². The number of aliphatic imine (C=N–C) groups is 2. The molecule has 1 aromatic heterocycles. The summed E-state index contributed by atoms with van der Waals surface area (Å²) in [6.45, 7) is 12.5. The van der Waals surface area contributed by atoms with E-state index in [0.717, 1.165) is 81.2 Å². The zero-order valence-electron chi connectivity index (χ0n) is 23.3. The van der Waals surface area contributed by atoms with Crippen LogP contribution in [0.2, 0.25) is 0 Å². The standard InChI is InChI=1S/C31H41N7/c1-5-24-18-29(37-15-13-36(4)14-16-37)19-30(35-31(24)32)26-9-8-25-10-12-38(21-28(25)17-26)23(3)34-22(2)27-7-6-11-33-20-27/h6-9,11,17,19-20,22,24,32H,5,10,12-16,18,21H2,1-4H3. The van der Waals surface area contributed by atoms with Gasteiger partial charge in [-0.3, -0.25) is 15.4 Å². The summed E-state index contributed by atoms with van der Waals surface area (Å²) in [7, 11) is 2.19. The number of hydrogen-bond acceptors (Lipinski definition) is 5. The number of piperazine rings is 1. The first-order valence-corrected chi connectivity index (χ1v) is 14.0. The number of fused-ring (bicyclic) bond motifs is 1. The van der Waals surface area contributed by atoms with E-state index in [1.165, 1.54) is 16.8 Å². The average molecular weight is 512 g/mol. The minimum Gasteiger partial charge on any atom is -0.372 e. The van der Waals surface area contributed by atoms with Crippen molar-refractivity contribution in [2.75, 3.05) is 39.8 Å². The highest BCUT2D eigenvalue weighted by Crippen LogP contribution is 2.28. The van der Waals surface area contributed by atoms with Crippen molar-refractivity contribution >= 4 is 17.4 Å². The number of likely N-dealkylation sites (N-methyl/N-ethyl adjacent to an activating group) is 1. The molecule has 0 aliphatic carbocycles. The Balaban J connectivity index is 1.39. The highest BCUT2D eigenvalue weighted by molar-refractivity contribution is 6.14. The number of hydrogen-bond donors (Lipinski definition) is 1. The Morgan fingerprint density at radius 1 is 1.13 bits per heavy atom. The lowest BCUT2D eigenvalue weighted by atomic mass is 9.95. The molecule has 0 spiro atoms. The predicted octanol–water partition coefficient (Wildman–Crippen LogP) is 4.95. The zero-order valence-corrected chi connectivity index (χ0v) is 23.3. The van der Waals surface area contributed by atoms with Crippen LogP contribution in [0.5, 0.6) is 0 Å². The van der Waals surface area contributed by atoms with Crippen molar-refractivity contribution in [3.05, 3.63) is 76.8 Å². The monoisotopic (exact) mass is 511 g/mol. The molecule has 3 aliphatic heterocycles. The Morgan fingerprint density at radius 3 is 2.68 bits per heavy atom. The van der Waals surface area contributed by atoms with Crippen LogP contribution in [0.25, 0.3) is 0 Å². The lowest BCUT2D eigenvalue weighted by Gasteiger charge is -2.36. The zero-order chi connectivity index (χ0) is 26.6. The molecule has 0 bridgehead atoms. The van der Waals surface area contributed by atoms with Gasteiger partial charge in [-0.25, -0.2) is 4.99 Å². The highest BCUT2D eigenvalue weighted by Gasteiger charge is 2.25. The fourth-order valence-corrected chi connectivity index (χ4v) is 5.67. The Kier molecular flexibility index (Phi) is 8.03. The molecule has 5 rings (SSSR count). The Labute approximate surface area is 227 Å². The van der Waals surface area contributed by atoms with Crippen molar-refractivity contribution in [2.45, 2.75) is 52.6 Å². The lowest BCUT2D eigenvalue weighted by molar-refractivity contribution is 0.180. The highest BCUT2D eigenvalue weighted by atomic mass is 15.3. The van der Waals surface area contributed by atoms with Gasteiger partial charge in [0.05, 0.1) is 17.6 Å². The summed E-state index contributed by atoms with van der Waals surface area (Å²) in [5.41, 5.74) is 7.23. The third kappa shape index (κ3) is 5.88. The number of allylic oxidation sites excluding steroid dienone is 2. The molecular formula is C31H41N7. The third-order valence-electron chi connectivity index (χ3n) is 8.31. The maximum absolute atomic E-state index is 8.74. The molecule has 4 heterocycles. The van der Waals surface area contributed by atoms with Crippen molar-refractivity contribution in [3.63, 3.8) is 0 Å². The molecule has 1 saturated heterocycles. The van der Waals surface area contributed by atoms with Gasteiger partial charge in [-0.2, -0.15) is 0 Å². The first-order chi connectivity index (χ1) is 18.4. The van der Waals surface area contributed by atoms with Crippen LogP contribution in [0.1, 0.15) is 61.9 Å². The molecule has 2 unspecified atom stereocenters. The smallest absolute Gasteiger partial charge is 0.124 e. The molecule has 200 valence electrons. The Morgan fingerprint density at radius 2 is 1.95 bits per heavy atom. The van der Waals surface area contributed by atoms with Crippen molar-refractivity contribution in [3.8, 4) is 0 Å². The molecule has 38 heavy (non-hydrogen) atoms. The van der Waals surface area contributed by atoms with E-state index in [1.807, 2.05) is 12.3 Å². The van der Waals surface area contributed by atoms with Gasteiger partial charge < -0.3 is 14.7 Å². The van der Waals surface area contributed by atoms with Crippen molar-refractivity contribution in [2.24, 2.45) is 15.9 Å². The van der Waals surface area contributed by atoms with Gasteiger partial charge in [-0.05, 0) is 75.1 Å². The molecule has 1 aromatic carbocycles. The summed E-state index contributed by atoms with van der Waals surface area (Å²) < 4.78 is 0. The van der Waals surface area contributed by atoms with E-state index in [1.54, 1.807) is 6.20 Å². The first-order valence-electron chi connectivity index (χ1n) is 14.0. The molecule has 7 heteroatoms. The second kappa shape index (κ2) is 11.6. The summed E-state index contributed by atoms with van der Waals surface area (Å²) >= 11 is 0. The van der Waals surface area contributed by atoms with Crippen LogP contribution in [0, 0.1) is 11.3 Å². The maximum atomic E-state index is 8.74. The van der Waals surface area contributed by atoms with E-state index in [9.17, 15) is 0 Å². The number of benzene rings is 1. The number of nitrogens with zero attached hydrogens (tertiary/aromatic N) is 6. The minimum absolute atomic E-state index is 0.0763. The van der Waals surface area contributed by atoms with Gasteiger partial charge in [0.25, 0.3) is 0 Å². The van der Waals surface area contributed by atoms with Gasteiger partial charge in [0.15, 0.2) is 0 Å². The van der Waals surface area contributed by atoms with Crippen molar-refractivity contribution in [1.82, 2.24) is 19.7 Å². The van der Waals surface area contributed by atoms with Gasteiger partial charge in [-0.15, -0.1) is 0 Å². The number of aromatic nitrogens is 1. The average Bonchev–Trinajstić information content (AvgIpc) is 3.11. The van der Waals surface area contributed by atoms with E-state index in [4.69, 9.17) is 15.4 Å². The van der Waals surface area contributed by atoms with Gasteiger partial charge in [0.2, 0.25) is 0 Å². The second-order valence-corrected chi connectivity index (χ2v) is 10.9. The van der Waals surface area contributed by atoms with E-state index in [2.05, 4.69) is 77.8 Å². The van der Waals surface area contributed by atoms with Crippen LogP contribution in [-0.4, -0.2) is 76.8 Å². The summed E-state index contributed by atoms with van der Waals surface area (Å²) in [4.78, 5) is 21.4. The molecule has 3 aliphatic rings. The van der Waals surface area contributed by atoms with Crippen LogP contribution >= 0.6 is 0 Å². The molecular weight excluding hydrogens is 470 g/mol. The largest absolute Gasteiger partial charge is 0.372 e. The predicted molar refractivity (Wildman–Crippen MR) is 156 cm³/mol. The molecule has 7 nitrogen and oxygen atoms in total. The van der Waals surface area contributed by atoms with Crippen LogP contribution in [0.4, 0.5) is 0 Å². The van der Waals surface area contributed by atoms with Crippen LogP contribution in [0.3, 0.4) is 0 Å². The van der Waals surface area contributed by atoms with E-state index in [-0.39, 0.29) is 12.0 Å². The van der Waals surface area contributed by atoms with Gasteiger partial charge in [-0.1, -0.05) is 25.1 Å². The number of nitrogens with one attached hydrogen (secondary N) is 1. The molecule has 0 radical (unpaired) electrons. The number of pyridine rings is 1. The SMILES string of the molecule is CCC1CC(N2CCN(C)CC2)=CC(c2ccc3c(c2)CN(C(C)=NC(C)c2cccnc2)CC3)=NC1=N. The fraction of sp³-hybridized carbons (Fsp3) is 0.484. The second-order valence-electron chi connectivity index (χ2n) is 10.9. The summed E-state index contributed by atoms with van der Waals surface area (Å²) in [6, 6.07) is 10.9. The molecule has 1 fully saturated rings. The van der Waals surface area contributed by atoms with E-state index >= 15 is 0 Å². The Bertz CT molecular complexity index is 1240. The summed E-state index contributed by atoms with van der Waals surface area (Å²) in [5, 5.41) is 8.74. The van der Waals surface area contributed by atoms with Gasteiger partial charge >= 0.3 is 0 Å². The molecule has 0 amide bonds. The topological polar surface area (TPSA) is 71.2 Å².